The molecule has 0 unspecified atom stereocenters. The Hall–Kier alpha value is -2.58. The lowest BCUT2D eigenvalue weighted by molar-refractivity contribution is 0.0943. The SMILES string of the molecule is CCCCOc1ccc(NC(=O)N2CCN(CCNC(=O)c3ccsc3)CC2)cc1. The van der Waals surface area contributed by atoms with Crippen molar-refractivity contribution in [3.63, 3.8) is 0 Å². The second-order valence-corrected chi connectivity index (χ2v) is 8.03. The Kier molecular flexibility index (Phi) is 8.53. The molecule has 1 aromatic carbocycles. The van der Waals surface area contributed by atoms with E-state index in [0.29, 0.717) is 31.8 Å². The number of carbonyl (C=O) groups is 2. The lowest BCUT2D eigenvalue weighted by Gasteiger charge is -2.34. The highest BCUT2D eigenvalue weighted by atomic mass is 32.1. The van der Waals surface area contributed by atoms with Crippen LogP contribution >= 0.6 is 11.3 Å². The summed E-state index contributed by atoms with van der Waals surface area (Å²) in [5.41, 5.74) is 1.48. The molecular formula is C22H30N4O3S. The van der Waals surface area contributed by atoms with Crippen LogP contribution in [0.1, 0.15) is 30.1 Å². The summed E-state index contributed by atoms with van der Waals surface area (Å²) in [7, 11) is 0. The Balaban J connectivity index is 1.34. The van der Waals surface area contributed by atoms with Crippen LogP contribution in [0.4, 0.5) is 10.5 Å². The second-order valence-electron chi connectivity index (χ2n) is 7.25. The molecule has 0 aliphatic carbocycles. The minimum absolute atomic E-state index is 0.0314. The molecule has 0 atom stereocenters. The van der Waals surface area contributed by atoms with Gasteiger partial charge in [0.15, 0.2) is 0 Å². The number of carbonyl (C=O) groups excluding carboxylic acids is 2. The van der Waals surface area contributed by atoms with Gasteiger partial charge in [0.2, 0.25) is 0 Å². The molecule has 162 valence electrons. The van der Waals surface area contributed by atoms with Crippen LogP contribution in [-0.2, 0) is 0 Å². The van der Waals surface area contributed by atoms with E-state index in [0.717, 1.165) is 43.9 Å². The van der Waals surface area contributed by atoms with Crippen LogP contribution in [0.3, 0.4) is 0 Å². The lowest BCUT2D eigenvalue weighted by atomic mass is 10.3. The Labute approximate surface area is 182 Å². The summed E-state index contributed by atoms with van der Waals surface area (Å²) in [6.07, 6.45) is 2.14. The van der Waals surface area contributed by atoms with Gasteiger partial charge in [0.25, 0.3) is 5.91 Å². The number of unbranched alkanes of at least 4 members (excludes halogenated alkanes) is 1. The van der Waals surface area contributed by atoms with Gasteiger partial charge in [0.05, 0.1) is 6.61 Å². The number of nitrogens with one attached hydrogen (secondary N) is 2. The summed E-state index contributed by atoms with van der Waals surface area (Å²) in [5, 5.41) is 9.64. The zero-order chi connectivity index (χ0) is 21.2. The molecule has 2 heterocycles. The van der Waals surface area contributed by atoms with E-state index in [1.807, 2.05) is 46.0 Å². The fraction of sp³-hybridized carbons (Fsp3) is 0.455. The van der Waals surface area contributed by atoms with E-state index in [1.54, 1.807) is 0 Å². The van der Waals surface area contributed by atoms with E-state index < -0.39 is 0 Å². The molecule has 3 rings (SSSR count). The fourth-order valence-electron chi connectivity index (χ4n) is 3.17. The number of urea groups is 1. The van der Waals surface area contributed by atoms with Gasteiger partial charge in [-0.2, -0.15) is 11.3 Å². The first-order valence-electron chi connectivity index (χ1n) is 10.5. The molecule has 3 amide bonds. The number of amides is 3. The number of thiophene rings is 1. The van der Waals surface area contributed by atoms with Crippen molar-refractivity contribution in [3.8, 4) is 5.75 Å². The first kappa shape index (κ1) is 22.1. The van der Waals surface area contributed by atoms with Crippen LogP contribution in [0.15, 0.2) is 41.1 Å². The molecule has 1 aromatic heterocycles. The van der Waals surface area contributed by atoms with E-state index in [4.69, 9.17) is 4.74 Å². The van der Waals surface area contributed by atoms with Gasteiger partial charge < -0.3 is 20.3 Å². The van der Waals surface area contributed by atoms with Crippen LogP contribution in [0, 0.1) is 0 Å². The summed E-state index contributed by atoms with van der Waals surface area (Å²) in [4.78, 5) is 28.6. The van der Waals surface area contributed by atoms with Crippen molar-refractivity contribution >= 4 is 29.0 Å². The number of ether oxygens (including phenoxy) is 1. The summed E-state index contributed by atoms with van der Waals surface area (Å²) >= 11 is 1.52. The van der Waals surface area contributed by atoms with Crippen molar-refractivity contribution in [1.82, 2.24) is 15.1 Å². The lowest BCUT2D eigenvalue weighted by Crippen LogP contribution is -2.51. The molecule has 1 saturated heterocycles. The smallest absolute Gasteiger partial charge is 0.321 e. The molecule has 2 aromatic rings. The first-order valence-corrected chi connectivity index (χ1v) is 11.4. The third-order valence-electron chi connectivity index (χ3n) is 5.03. The molecule has 1 aliphatic rings. The van der Waals surface area contributed by atoms with Gasteiger partial charge in [-0.3, -0.25) is 9.69 Å². The maximum Gasteiger partial charge on any atom is 0.321 e. The maximum absolute atomic E-state index is 12.5. The summed E-state index contributed by atoms with van der Waals surface area (Å²) in [6, 6.07) is 9.24. The zero-order valence-corrected chi connectivity index (χ0v) is 18.2. The van der Waals surface area contributed by atoms with Gasteiger partial charge >= 0.3 is 6.03 Å². The van der Waals surface area contributed by atoms with E-state index in [1.165, 1.54) is 11.3 Å². The van der Waals surface area contributed by atoms with Gasteiger partial charge in [-0.1, -0.05) is 13.3 Å². The van der Waals surface area contributed by atoms with Gasteiger partial charge in [-0.15, -0.1) is 0 Å². The molecule has 0 saturated carbocycles. The van der Waals surface area contributed by atoms with Gasteiger partial charge in [0, 0.05) is 55.9 Å². The highest BCUT2D eigenvalue weighted by Gasteiger charge is 2.21. The van der Waals surface area contributed by atoms with Gasteiger partial charge in [0.1, 0.15) is 5.75 Å². The summed E-state index contributed by atoms with van der Waals surface area (Å²) in [6.45, 7) is 7.16. The van der Waals surface area contributed by atoms with Crippen molar-refractivity contribution in [2.45, 2.75) is 19.8 Å². The molecule has 8 heteroatoms. The Morgan fingerprint density at radius 1 is 1.10 bits per heavy atom. The Morgan fingerprint density at radius 2 is 1.87 bits per heavy atom. The number of anilines is 1. The van der Waals surface area contributed by atoms with Crippen molar-refractivity contribution in [3.05, 3.63) is 46.7 Å². The average molecular weight is 431 g/mol. The number of benzene rings is 1. The highest BCUT2D eigenvalue weighted by Crippen LogP contribution is 2.17. The highest BCUT2D eigenvalue weighted by molar-refractivity contribution is 7.08. The summed E-state index contributed by atoms with van der Waals surface area (Å²) in [5.74, 6) is 0.789. The minimum atomic E-state index is -0.0833. The van der Waals surface area contributed by atoms with E-state index in [9.17, 15) is 9.59 Å². The molecule has 0 bridgehead atoms. The minimum Gasteiger partial charge on any atom is -0.494 e. The van der Waals surface area contributed by atoms with Crippen LogP contribution in [-0.4, -0.2) is 67.6 Å². The van der Waals surface area contributed by atoms with E-state index in [-0.39, 0.29) is 11.9 Å². The van der Waals surface area contributed by atoms with Crippen molar-refractivity contribution in [1.29, 1.82) is 0 Å². The number of piperazine rings is 1. The second kappa shape index (κ2) is 11.6. The van der Waals surface area contributed by atoms with Crippen LogP contribution in [0.2, 0.25) is 0 Å². The zero-order valence-electron chi connectivity index (χ0n) is 17.4. The Bertz CT molecular complexity index is 787. The van der Waals surface area contributed by atoms with Crippen molar-refractivity contribution in [2.24, 2.45) is 0 Å². The van der Waals surface area contributed by atoms with Gasteiger partial charge in [-0.25, -0.2) is 4.79 Å². The first-order chi connectivity index (χ1) is 14.7. The number of rotatable bonds is 9. The fourth-order valence-corrected chi connectivity index (χ4v) is 3.81. The number of nitrogens with zero attached hydrogens (tertiary/aromatic N) is 2. The molecule has 1 fully saturated rings. The van der Waals surface area contributed by atoms with E-state index >= 15 is 0 Å². The van der Waals surface area contributed by atoms with Crippen LogP contribution in [0.5, 0.6) is 5.75 Å². The summed E-state index contributed by atoms with van der Waals surface area (Å²) < 4.78 is 5.65. The molecule has 2 N–H and O–H groups in total. The molecule has 0 radical (unpaired) electrons. The third-order valence-corrected chi connectivity index (χ3v) is 5.71. The topological polar surface area (TPSA) is 73.9 Å². The van der Waals surface area contributed by atoms with Gasteiger partial charge in [-0.05, 0) is 42.1 Å². The number of hydrogen-bond acceptors (Lipinski definition) is 5. The normalized spacial score (nSPS) is 14.4. The molecule has 1 aliphatic heterocycles. The molecular weight excluding hydrogens is 400 g/mol. The molecule has 0 spiro atoms. The predicted molar refractivity (Wildman–Crippen MR) is 121 cm³/mol. The predicted octanol–water partition coefficient (Wildman–Crippen LogP) is 3.51. The van der Waals surface area contributed by atoms with Crippen molar-refractivity contribution in [2.75, 3.05) is 51.2 Å². The quantitative estimate of drug-likeness (QED) is 0.597. The number of hydrogen-bond donors (Lipinski definition) is 2. The standard InChI is InChI=1S/C22H30N4O3S/c1-2-3-15-29-20-6-4-19(5-7-20)24-22(28)26-13-11-25(12-14-26)10-9-23-21(27)18-8-16-30-17-18/h4-8,16-17H,2-3,9-15H2,1H3,(H,23,27)(H,24,28). The molecule has 30 heavy (non-hydrogen) atoms. The third kappa shape index (κ3) is 6.74. The Morgan fingerprint density at radius 3 is 2.53 bits per heavy atom. The maximum atomic E-state index is 12.5. The average Bonchev–Trinajstić information content (AvgIpc) is 3.31. The van der Waals surface area contributed by atoms with Crippen LogP contribution < -0.4 is 15.4 Å². The van der Waals surface area contributed by atoms with Crippen LogP contribution in [0.25, 0.3) is 0 Å². The largest absolute Gasteiger partial charge is 0.494 e. The monoisotopic (exact) mass is 430 g/mol. The van der Waals surface area contributed by atoms with E-state index in [2.05, 4.69) is 22.5 Å². The molecule has 7 nitrogen and oxygen atoms in total. The van der Waals surface area contributed by atoms with Crippen molar-refractivity contribution < 1.29 is 14.3 Å².